The monoisotopic (exact) mass is 355 g/mol. The van der Waals surface area contributed by atoms with Crippen molar-refractivity contribution in [1.82, 2.24) is 9.88 Å². The van der Waals surface area contributed by atoms with Crippen LogP contribution in [0.3, 0.4) is 0 Å². The van der Waals surface area contributed by atoms with Gasteiger partial charge in [-0.2, -0.15) is 0 Å². The number of rotatable bonds is 3. The Bertz CT molecular complexity index is 756. The van der Waals surface area contributed by atoms with Crippen LogP contribution in [0.25, 0.3) is 10.9 Å². The smallest absolute Gasteiger partial charge is 0.410 e. The van der Waals surface area contributed by atoms with Crippen LogP contribution in [0.15, 0.2) is 36.5 Å². The lowest BCUT2D eigenvalue weighted by molar-refractivity contribution is 0.0205. The lowest BCUT2D eigenvalue weighted by atomic mass is 10.0. The zero-order valence-corrected chi connectivity index (χ0v) is 16.2. The number of benzene rings is 1. The molecule has 2 aromatic rings. The highest BCUT2D eigenvalue weighted by atomic mass is 16.6. The number of aromatic nitrogens is 1. The Balaban J connectivity index is 1.72. The molecule has 1 aromatic heterocycles. The number of hydrogen-bond donors (Lipinski definition) is 0. The van der Waals surface area contributed by atoms with Gasteiger partial charge in [-0.1, -0.05) is 6.07 Å². The van der Waals surface area contributed by atoms with E-state index in [1.54, 1.807) is 0 Å². The SMILES string of the molecule is CCN(c1cccc2ncccc12)C1CCN(C(=O)OC(C)(C)C)CC1. The fourth-order valence-electron chi connectivity index (χ4n) is 3.65. The van der Waals surface area contributed by atoms with Crippen LogP contribution in [-0.4, -0.2) is 47.3 Å². The molecule has 26 heavy (non-hydrogen) atoms. The van der Waals surface area contributed by atoms with Gasteiger partial charge < -0.3 is 14.5 Å². The average Bonchev–Trinajstić information content (AvgIpc) is 2.62. The first-order chi connectivity index (χ1) is 12.4. The van der Waals surface area contributed by atoms with Crippen molar-refractivity contribution in [1.29, 1.82) is 0 Å². The summed E-state index contributed by atoms with van der Waals surface area (Å²) in [7, 11) is 0. The molecule has 0 bridgehead atoms. The molecule has 5 nitrogen and oxygen atoms in total. The normalized spacial score (nSPS) is 15.9. The number of piperidine rings is 1. The van der Waals surface area contributed by atoms with Gasteiger partial charge in [-0.05, 0) is 64.8 Å². The largest absolute Gasteiger partial charge is 0.444 e. The summed E-state index contributed by atoms with van der Waals surface area (Å²) in [5.74, 6) is 0. The van der Waals surface area contributed by atoms with Crippen molar-refractivity contribution in [2.45, 2.75) is 52.2 Å². The van der Waals surface area contributed by atoms with Gasteiger partial charge in [-0.25, -0.2) is 4.79 Å². The predicted molar refractivity (Wildman–Crippen MR) is 106 cm³/mol. The van der Waals surface area contributed by atoms with Crippen LogP contribution >= 0.6 is 0 Å². The molecule has 140 valence electrons. The van der Waals surface area contributed by atoms with Crippen molar-refractivity contribution >= 4 is 22.7 Å². The van der Waals surface area contributed by atoms with Crippen LogP contribution in [0, 0.1) is 0 Å². The molecule has 0 radical (unpaired) electrons. The van der Waals surface area contributed by atoms with Crippen LogP contribution < -0.4 is 4.90 Å². The minimum absolute atomic E-state index is 0.201. The number of amides is 1. The third kappa shape index (κ3) is 4.09. The molecule has 0 saturated carbocycles. The van der Waals surface area contributed by atoms with Gasteiger partial charge in [0.15, 0.2) is 0 Å². The van der Waals surface area contributed by atoms with E-state index in [1.807, 2.05) is 37.9 Å². The van der Waals surface area contributed by atoms with Crippen LogP contribution in [-0.2, 0) is 4.74 Å². The highest BCUT2D eigenvalue weighted by Crippen LogP contribution is 2.30. The van der Waals surface area contributed by atoms with Crippen molar-refractivity contribution in [3.8, 4) is 0 Å². The number of fused-ring (bicyclic) bond motifs is 1. The molecule has 1 saturated heterocycles. The van der Waals surface area contributed by atoms with Gasteiger partial charge in [0, 0.05) is 42.9 Å². The number of carbonyl (C=O) groups is 1. The van der Waals surface area contributed by atoms with Gasteiger partial charge in [0.25, 0.3) is 0 Å². The summed E-state index contributed by atoms with van der Waals surface area (Å²) in [4.78, 5) is 21.1. The van der Waals surface area contributed by atoms with Crippen molar-refractivity contribution in [2.75, 3.05) is 24.5 Å². The number of pyridine rings is 1. The Kier molecular flexibility index (Phi) is 5.35. The van der Waals surface area contributed by atoms with E-state index >= 15 is 0 Å². The van der Waals surface area contributed by atoms with E-state index in [2.05, 4.69) is 41.1 Å². The summed E-state index contributed by atoms with van der Waals surface area (Å²) < 4.78 is 5.51. The molecule has 1 fully saturated rings. The molecule has 5 heteroatoms. The first kappa shape index (κ1) is 18.5. The molecule has 0 N–H and O–H groups in total. The molecule has 3 rings (SSSR count). The standard InChI is InChI=1S/C21H29N3O2/c1-5-24(19-10-6-9-18-17(19)8-7-13-22-18)16-11-14-23(15-12-16)20(25)26-21(2,3)4/h6-10,13,16H,5,11-12,14-15H2,1-4H3. The zero-order chi connectivity index (χ0) is 18.7. The van der Waals surface area contributed by atoms with E-state index in [1.165, 1.54) is 11.1 Å². The van der Waals surface area contributed by atoms with Gasteiger partial charge in [-0.15, -0.1) is 0 Å². The van der Waals surface area contributed by atoms with Gasteiger partial charge in [0.05, 0.1) is 5.52 Å². The first-order valence-corrected chi connectivity index (χ1v) is 9.47. The highest BCUT2D eigenvalue weighted by Gasteiger charge is 2.29. The third-order valence-corrected chi connectivity index (χ3v) is 4.83. The average molecular weight is 355 g/mol. The van der Waals surface area contributed by atoms with Crippen molar-refractivity contribution in [3.63, 3.8) is 0 Å². The zero-order valence-electron chi connectivity index (χ0n) is 16.2. The molecule has 1 aliphatic rings. The van der Waals surface area contributed by atoms with Crippen molar-refractivity contribution in [2.24, 2.45) is 0 Å². The van der Waals surface area contributed by atoms with Crippen LogP contribution in [0.4, 0.5) is 10.5 Å². The Morgan fingerprint density at radius 1 is 1.23 bits per heavy atom. The molecular weight excluding hydrogens is 326 g/mol. The minimum Gasteiger partial charge on any atom is -0.444 e. The van der Waals surface area contributed by atoms with E-state index in [0.29, 0.717) is 6.04 Å². The summed E-state index contributed by atoms with van der Waals surface area (Å²) in [6, 6.07) is 10.8. The summed E-state index contributed by atoms with van der Waals surface area (Å²) in [6.07, 6.45) is 3.53. The van der Waals surface area contributed by atoms with E-state index in [9.17, 15) is 4.79 Å². The van der Waals surface area contributed by atoms with Gasteiger partial charge in [0.1, 0.15) is 5.60 Å². The molecule has 1 amide bonds. The first-order valence-electron chi connectivity index (χ1n) is 9.47. The second-order valence-electron chi connectivity index (χ2n) is 7.83. The minimum atomic E-state index is -0.445. The molecule has 0 atom stereocenters. The molecule has 2 heterocycles. The lowest BCUT2D eigenvalue weighted by Gasteiger charge is -2.40. The number of likely N-dealkylation sites (tertiary alicyclic amines) is 1. The fraction of sp³-hybridized carbons (Fsp3) is 0.524. The maximum Gasteiger partial charge on any atom is 0.410 e. The summed E-state index contributed by atoms with van der Waals surface area (Å²) in [5, 5.41) is 1.19. The Morgan fingerprint density at radius 2 is 1.96 bits per heavy atom. The number of nitrogens with zero attached hydrogens (tertiary/aromatic N) is 3. The van der Waals surface area contributed by atoms with Crippen LogP contribution in [0.1, 0.15) is 40.5 Å². The molecular formula is C21H29N3O2. The Hall–Kier alpha value is -2.30. The Labute approximate surface area is 156 Å². The van der Waals surface area contributed by atoms with Gasteiger partial charge in [-0.3, -0.25) is 4.98 Å². The molecule has 0 aliphatic carbocycles. The van der Waals surface area contributed by atoms with Crippen molar-refractivity contribution < 1.29 is 9.53 Å². The molecule has 0 spiro atoms. The fourth-order valence-corrected chi connectivity index (χ4v) is 3.65. The summed E-state index contributed by atoms with van der Waals surface area (Å²) in [6.45, 7) is 10.3. The maximum absolute atomic E-state index is 12.3. The Morgan fingerprint density at radius 3 is 2.62 bits per heavy atom. The van der Waals surface area contributed by atoms with Crippen LogP contribution in [0.5, 0.6) is 0 Å². The lowest BCUT2D eigenvalue weighted by Crippen LogP contribution is -2.48. The molecule has 0 unspecified atom stereocenters. The second kappa shape index (κ2) is 7.52. The number of carbonyl (C=O) groups excluding carboxylic acids is 1. The van der Waals surface area contributed by atoms with Gasteiger partial charge in [0.2, 0.25) is 0 Å². The summed E-state index contributed by atoms with van der Waals surface area (Å²) >= 11 is 0. The van der Waals surface area contributed by atoms with E-state index in [4.69, 9.17) is 4.74 Å². The molecule has 1 aliphatic heterocycles. The van der Waals surface area contributed by atoms with E-state index in [0.717, 1.165) is 38.0 Å². The summed E-state index contributed by atoms with van der Waals surface area (Å²) in [5.41, 5.74) is 1.81. The van der Waals surface area contributed by atoms with Gasteiger partial charge >= 0.3 is 6.09 Å². The molecule has 1 aromatic carbocycles. The highest BCUT2D eigenvalue weighted by molar-refractivity contribution is 5.91. The number of ether oxygens (including phenoxy) is 1. The topological polar surface area (TPSA) is 45.7 Å². The third-order valence-electron chi connectivity index (χ3n) is 4.83. The second-order valence-corrected chi connectivity index (χ2v) is 7.83. The quantitative estimate of drug-likeness (QED) is 0.815. The number of anilines is 1. The number of hydrogen-bond acceptors (Lipinski definition) is 4. The van der Waals surface area contributed by atoms with Crippen LogP contribution in [0.2, 0.25) is 0 Å². The predicted octanol–water partition coefficient (Wildman–Crippen LogP) is 4.46. The maximum atomic E-state index is 12.3. The van der Waals surface area contributed by atoms with E-state index in [-0.39, 0.29) is 6.09 Å². The van der Waals surface area contributed by atoms with Crippen molar-refractivity contribution in [3.05, 3.63) is 36.5 Å². The van der Waals surface area contributed by atoms with E-state index < -0.39 is 5.60 Å².